The van der Waals surface area contributed by atoms with Crippen LogP contribution < -0.4 is 5.32 Å². The molecular formula is C11H8BrN5OS. The first-order valence-electron chi connectivity index (χ1n) is 5.42. The number of hydrogen-bond donors (Lipinski definition) is 1. The van der Waals surface area contributed by atoms with Crippen LogP contribution in [-0.2, 0) is 6.54 Å². The van der Waals surface area contributed by atoms with Gasteiger partial charge in [0, 0.05) is 5.38 Å². The minimum Gasteiger partial charge on any atom is -0.330 e. The highest BCUT2D eigenvalue weighted by molar-refractivity contribution is 9.10. The van der Waals surface area contributed by atoms with E-state index in [0.29, 0.717) is 17.6 Å². The second-order valence-corrected chi connectivity index (χ2v) is 5.47. The highest BCUT2D eigenvalue weighted by atomic mass is 79.9. The van der Waals surface area contributed by atoms with Crippen molar-refractivity contribution in [3.05, 3.63) is 39.3 Å². The monoisotopic (exact) mass is 337 g/mol. The van der Waals surface area contributed by atoms with Gasteiger partial charge < -0.3 is 5.32 Å². The van der Waals surface area contributed by atoms with Crippen molar-refractivity contribution in [2.24, 2.45) is 0 Å². The van der Waals surface area contributed by atoms with Gasteiger partial charge in [-0.1, -0.05) is 17.3 Å². The van der Waals surface area contributed by atoms with Crippen LogP contribution in [0.15, 0.2) is 34.2 Å². The van der Waals surface area contributed by atoms with Gasteiger partial charge in [-0.2, -0.15) is 4.68 Å². The fraction of sp³-hybridized carbons (Fsp3) is 0.0909. The van der Waals surface area contributed by atoms with Gasteiger partial charge in [-0.3, -0.25) is 0 Å². The summed E-state index contributed by atoms with van der Waals surface area (Å²) in [6.07, 6.45) is 0. The van der Waals surface area contributed by atoms with E-state index in [1.165, 1.54) is 16.0 Å². The van der Waals surface area contributed by atoms with Crippen molar-refractivity contribution in [2.75, 3.05) is 0 Å². The molecule has 0 bridgehead atoms. The van der Waals surface area contributed by atoms with Crippen molar-refractivity contribution in [3.8, 4) is 0 Å². The van der Waals surface area contributed by atoms with Gasteiger partial charge in [0.25, 0.3) is 0 Å². The summed E-state index contributed by atoms with van der Waals surface area (Å²) in [5.74, 6) is 0. The van der Waals surface area contributed by atoms with Crippen molar-refractivity contribution < 1.29 is 4.79 Å². The third kappa shape index (κ3) is 2.49. The van der Waals surface area contributed by atoms with Crippen molar-refractivity contribution in [2.45, 2.75) is 6.54 Å². The Kier molecular flexibility index (Phi) is 3.26. The Labute approximate surface area is 120 Å². The zero-order valence-electron chi connectivity index (χ0n) is 9.58. The number of nitrogens with one attached hydrogen (secondary N) is 1. The molecule has 1 N–H and O–H groups in total. The minimum absolute atomic E-state index is 0.319. The molecule has 8 heteroatoms. The van der Waals surface area contributed by atoms with Crippen molar-refractivity contribution in [3.63, 3.8) is 0 Å². The second-order valence-electron chi connectivity index (χ2n) is 3.71. The van der Waals surface area contributed by atoms with E-state index in [0.717, 1.165) is 9.61 Å². The molecule has 96 valence electrons. The van der Waals surface area contributed by atoms with Crippen molar-refractivity contribution in [1.82, 2.24) is 25.3 Å². The summed E-state index contributed by atoms with van der Waals surface area (Å²) in [5, 5.41) is 13.2. The molecule has 6 nitrogen and oxygen atoms in total. The normalized spacial score (nSPS) is 10.8. The average Bonchev–Trinajstić information content (AvgIpc) is 3.02. The molecule has 1 aromatic carbocycles. The van der Waals surface area contributed by atoms with Gasteiger partial charge in [-0.25, -0.2) is 9.78 Å². The second kappa shape index (κ2) is 5.06. The van der Waals surface area contributed by atoms with E-state index >= 15 is 0 Å². The first-order chi connectivity index (χ1) is 9.24. The van der Waals surface area contributed by atoms with E-state index in [-0.39, 0.29) is 6.03 Å². The highest BCUT2D eigenvalue weighted by Crippen LogP contribution is 2.14. The molecule has 0 aliphatic rings. The first-order valence-corrected chi connectivity index (χ1v) is 7.10. The number of benzene rings is 1. The van der Waals surface area contributed by atoms with Gasteiger partial charge in [0.05, 0.1) is 12.1 Å². The smallest absolute Gasteiger partial charge is 0.330 e. The van der Waals surface area contributed by atoms with Crippen molar-refractivity contribution in [1.29, 1.82) is 0 Å². The number of hydrogen-bond acceptors (Lipinski definition) is 5. The van der Waals surface area contributed by atoms with Crippen LogP contribution in [0.3, 0.4) is 0 Å². The van der Waals surface area contributed by atoms with Gasteiger partial charge in [-0.05, 0) is 28.1 Å². The lowest BCUT2D eigenvalue weighted by atomic mass is 10.3. The summed E-state index contributed by atoms with van der Waals surface area (Å²) in [7, 11) is 0. The molecule has 2 aromatic heterocycles. The maximum absolute atomic E-state index is 12.0. The van der Waals surface area contributed by atoms with Crippen LogP contribution in [0.4, 0.5) is 4.79 Å². The summed E-state index contributed by atoms with van der Waals surface area (Å²) >= 11 is 4.74. The molecule has 0 unspecified atom stereocenters. The van der Waals surface area contributed by atoms with E-state index in [4.69, 9.17) is 0 Å². The molecule has 2 heterocycles. The summed E-state index contributed by atoms with van der Waals surface area (Å²) in [6, 6.07) is 6.98. The van der Waals surface area contributed by atoms with Gasteiger partial charge >= 0.3 is 6.03 Å². The average molecular weight is 338 g/mol. The molecular weight excluding hydrogens is 330 g/mol. The Balaban J connectivity index is 1.77. The zero-order chi connectivity index (χ0) is 13.2. The third-order valence-electron chi connectivity index (χ3n) is 2.46. The number of nitrogens with zero attached hydrogens (tertiary/aromatic N) is 4. The fourth-order valence-electron chi connectivity index (χ4n) is 1.61. The number of amides is 1. The zero-order valence-corrected chi connectivity index (χ0v) is 12.0. The molecule has 0 fully saturated rings. The van der Waals surface area contributed by atoms with E-state index < -0.39 is 0 Å². The predicted octanol–water partition coefficient (Wildman–Crippen LogP) is 2.41. The Morgan fingerprint density at radius 1 is 1.42 bits per heavy atom. The van der Waals surface area contributed by atoms with Crippen LogP contribution in [-0.4, -0.2) is 26.0 Å². The standard InChI is InChI=1S/C11H8BrN5OS/c12-9-6-19-10(14-9)5-13-11(18)17-8-4-2-1-3-7(8)15-16-17/h1-4,6H,5H2,(H,13,18). The number of carbonyl (C=O) groups excluding carboxylic acids is 1. The molecule has 0 aliphatic carbocycles. The number of aromatic nitrogens is 4. The molecule has 3 aromatic rings. The number of para-hydroxylation sites is 1. The SMILES string of the molecule is O=C(NCc1nc(Br)cs1)n1nnc2ccccc21. The molecule has 19 heavy (non-hydrogen) atoms. The third-order valence-corrected chi connectivity index (χ3v) is 4.02. The van der Waals surface area contributed by atoms with Crippen LogP contribution in [0.2, 0.25) is 0 Å². The number of halogens is 1. The summed E-state index contributed by atoms with van der Waals surface area (Å²) in [6.45, 7) is 0.364. The molecule has 0 saturated heterocycles. The minimum atomic E-state index is -0.319. The largest absolute Gasteiger partial charge is 0.344 e. The lowest BCUT2D eigenvalue weighted by molar-refractivity contribution is 0.239. The summed E-state index contributed by atoms with van der Waals surface area (Å²) < 4.78 is 2.02. The van der Waals surface area contributed by atoms with E-state index in [2.05, 4.69) is 36.5 Å². The Morgan fingerprint density at radius 2 is 2.26 bits per heavy atom. The molecule has 0 spiro atoms. The number of fused-ring (bicyclic) bond motifs is 1. The molecule has 0 radical (unpaired) electrons. The predicted molar refractivity (Wildman–Crippen MR) is 75.0 cm³/mol. The van der Waals surface area contributed by atoms with Crippen LogP contribution in [0.25, 0.3) is 11.0 Å². The van der Waals surface area contributed by atoms with Crippen molar-refractivity contribution >= 4 is 44.3 Å². The van der Waals surface area contributed by atoms with E-state index in [9.17, 15) is 4.79 Å². The molecule has 3 rings (SSSR count). The maximum atomic E-state index is 12.0. The Morgan fingerprint density at radius 3 is 3.05 bits per heavy atom. The van der Waals surface area contributed by atoms with Crippen LogP contribution in [0.5, 0.6) is 0 Å². The number of thiazole rings is 1. The molecule has 0 saturated carbocycles. The quantitative estimate of drug-likeness (QED) is 0.779. The van der Waals surface area contributed by atoms with Gasteiger partial charge in [0.15, 0.2) is 0 Å². The lowest BCUT2D eigenvalue weighted by Crippen LogP contribution is -2.28. The summed E-state index contributed by atoms with van der Waals surface area (Å²) in [5.41, 5.74) is 1.37. The molecule has 0 aliphatic heterocycles. The number of rotatable bonds is 2. The Hall–Kier alpha value is -1.80. The number of carbonyl (C=O) groups is 1. The fourth-order valence-corrected chi connectivity index (χ4v) is 2.82. The summed E-state index contributed by atoms with van der Waals surface area (Å²) in [4.78, 5) is 16.2. The topological polar surface area (TPSA) is 72.7 Å². The Bertz CT molecular complexity index is 737. The molecule has 0 atom stereocenters. The maximum Gasteiger partial charge on any atom is 0.344 e. The van der Waals surface area contributed by atoms with Gasteiger partial charge in [-0.15, -0.1) is 16.4 Å². The van der Waals surface area contributed by atoms with Crippen LogP contribution >= 0.6 is 27.3 Å². The lowest BCUT2D eigenvalue weighted by Gasteiger charge is -2.02. The molecule has 1 amide bonds. The van der Waals surface area contributed by atoms with E-state index in [1.807, 2.05) is 23.6 Å². The van der Waals surface area contributed by atoms with E-state index in [1.54, 1.807) is 6.07 Å². The van der Waals surface area contributed by atoms with Crippen LogP contribution in [0, 0.1) is 0 Å². The van der Waals surface area contributed by atoms with Gasteiger partial charge in [0.2, 0.25) is 0 Å². The highest BCUT2D eigenvalue weighted by Gasteiger charge is 2.11. The van der Waals surface area contributed by atoms with Gasteiger partial charge in [0.1, 0.15) is 15.1 Å². The first kappa shape index (κ1) is 12.2. The van der Waals surface area contributed by atoms with Crippen LogP contribution in [0.1, 0.15) is 5.01 Å².